The van der Waals surface area contributed by atoms with Crippen molar-refractivity contribution in [1.82, 2.24) is 4.90 Å². The predicted molar refractivity (Wildman–Crippen MR) is 79.5 cm³/mol. The Morgan fingerprint density at radius 1 is 1.40 bits per heavy atom. The van der Waals surface area contributed by atoms with E-state index in [0.717, 1.165) is 18.5 Å². The Labute approximate surface area is 119 Å². The van der Waals surface area contributed by atoms with Crippen LogP contribution < -0.4 is 5.73 Å². The maximum Gasteiger partial charge on any atom is 0.269 e. The van der Waals surface area contributed by atoms with Crippen LogP contribution in [0.2, 0.25) is 0 Å². The molecule has 1 aliphatic rings. The van der Waals surface area contributed by atoms with Gasteiger partial charge in [0.25, 0.3) is 5.69 Å². The third-order valence-electron chi connectivity index (χ3n) is 4.26. The number of nitrogens with two attached hydrogens (primary N) is 1. The van der Waals surface area contributed by atoms with Crippen molar-refractivity contribution in [3.63, 3.8) is 0 Å². The van der Waals surface area contributed by atoms with Gasteiger partial charge in [0.1, 0.15) is 0 Å². The average molecular weight is 277 g/mol. The first kappa shape index (κ1) is 14.9. The zero-order valence-electron chi connectivity index (χ0n) is 12.0. The molecule has 1 saturated heterocycles. The summed E-state index contributed by atoms with van der Waals surface area (Å²) in [4.78, 5) is 12.8. The molecule has 0 spiro atoms. The van der Waals surface area contributed by atoms with Crippen molar-refractivity contribution >= 4 is 5.69 Å². The van der Waals surface area contributed by atoms with Gasteiger partial charge in [-0.3, -0.25) is 15.0 Å². The van der Waals surface area contributed by atoms with Gasteiger partial charge in [0.15, 0.2) is 0 Å². The van der Waals surface area contributed by atoms with E-state index in [1.165, 1.54) is 19.3 Å². The molecule has 0 radical (unpaired) electrons. The molecule has 1 aromatic carbocycles. The number of piperidine rings is 1. The first-order valence-electron chi connectivity index (χ1n) is 7.33. The highest BCUT2D eigenvalue weighted by Gasteiger charge is 2.26. The van der Waals surface area contributed by atoms with Gasteiger partial charge < -0.3 is 5.73 Å². The molecular formula is C15H23N3O2. The van der Waals surface area contributed by atoms with Crippen LogP contribution in [0.5, 0.6) is 0 Å². The van der Waals surface area contributed by atoms with E-state index in [9.17, 15) is 10.1 Å². The fraction of sp³-hybridized carbons (Fsp3) is 0.600. The van der Waals surface area contributed by atoms with Crippen LogP contribution in [-0.2, 0) is 0 Å². The first-order valence-corrected chi connectivity index (χ1v) is 7.33. The minimum atomic E-state index is -0.355. The molecule has 5 heteroatoms. The Morgan fingerprint density at radius 3 is 2.70 bits per heavy atom. The Kier molecular flexibility index (Phi) is 5.09. The Hall–Kier alpha value is -1.46. The lowest BCUT2D eigenvalue weighted by molar-refractivity contribution is -0.384. The number of likely N-dealkylation sites (tertiary alicyclic amines) is 1. The number of benzene rings is 1. The summed E-state index contributed by atoms with van der Waals surface area (Å²) in [5.74, 6) is 0. The van der Waals surface area contributed by atoms with Gasteiger partial charge in [-0.05, 0) is 44.8 Å². The lowest BCUT2D eigenvalue weighted by atomic mass is 9.95. The maximum atomic E-state index is 10.7. The lowest BCUT2D eigenvalue weighted by Gasteiger charge is -2.40. The highest BCUT2D eigenvalue weighted by Crippen LogP contribution is 2.30. The van der Waals surface area contributed by atoms with Crippen molar-refractivity contribution in [2.45, 2.75) is 44.7 Å². The fourth-order valence-electron chi connectivity index (χ4n) is 3.10. The van der Waals surface area contributed by atoms with Gasteiger partial charge in [-0.1, -0.05) is 18.6 Å². The van der Waals surface area contributed by atoms with E-state index in [-0.39, 0.29) is 16.7 Å². The number of non-ortho nitro benzene ring substituents is 1. The lowest BCUT2D eigenvalue weighted by Crippen LogP contribution is -2.42. The Bertz CT molecular complexity index is 445. The summed E-state index contributed by atoms with van der Waals surface area (Å²) in [5, 5.41) is 10.7. The number of nitro groups is 1. The zero-order valence-corrected chi connectivity index (χ0v) is 12.0. The molecule has 2 unspecified atom stereocenters. The first-order chi connectivity index (χ1) is 9.63. The molecule has 2 rings (SSSR count). The van der Waals surface area contributed by atoms with Crippen molar-refractivity contribution in [3.05, 3.63) is 39.9 Å². The molecule has 110 valence electrons. The summed E-state index contributed by atoms with van der Waals surface area (Å²) < 4.78 is 0. The molecule has 2 N–H and O–H groups in total. The normalized spacial score (nSPS) is 21.6. The fourth-order valence-corrected chi connectivity index (χ4v) is 3.10. The van der Waals surface area contributed by atoms with Crippen LogP contribution in [0, 0.1) is 10.1 Å². The average Bonchev–Trinajstić information content (AvgIpc) is 2.47. The van der Waals surface area contributed by atoms with Crippen LogP contribution >= 0.6 is 0 Å². The predicted octanol–water partition coefficient (Wildman–Crippen LogP) is 2.86. The van der Waals surface area contributed by atoms with Crippen molar-refractivity contribution < 1.29 is 4.92 Å². The molecule has 20 heavy (non-hydrogen) atoms. The van der Waals surface area contributed by atoms with E-state index in [2.05, 4.69) is 11.8 Å². The second-order valence-electron chi connectivity index (χ2n) is 5.49. The SMILES string of the molecule is CC(c1ccc([N+](=O)[O-])cc1)N1CCCCC1CCN. The molecule has 1 heterocycles. The smallest absolute Gasteiger partial charge is 0.269 e. The van der Waals surface area contributed by atoms with Gasteiger partial charge in [0, 0.05) is 24.2 Å². The molecular weight excluding hydrogens is 254 g/mol. The van der Waals surface area contributed by atoms with Crippen LogP contribution in [0.3, 0.4) is 0 Å². The van der Waals surface area contributed by atoms with E-state index in [4.69, 9.17) is 5.73 Å². The van der Waals surface area contributed by atoms with Crippen molar-refractivity contribution in [2.24, 2.45) is 5.73 Å². The molecule has 0 bridgehead atoms. The Morgan fingerprint density at radius 2 is 2.10 bits per heavy atom. The van der Waals surface area contributed by atoms with Crippen LogP contribution in [0.1, 0.15) is 44.2 Å². The van der Waals surface area contributed by atoms with Gasteiger partial charge in [0.2, 0.25) is 0 Å². The van der Waals surface area contributed by atoms with Gasteiger partial charge in [-0.2, -0.15) is 0 Å². The van der Waals surface area contributed by atoms with E-state index in [0.29, 0.717) is 12.6 Å². The summed E-state index contributed by atoms with van der Waals surface area (Å²) in [6, 6.07) is 7.75. The van der Waals surface area contributed by atoms with Gasteiger partial charge in [-0.15, -0.1) is 0 Å². The minimum Gasteiger partial charge on any atom is -0.330 e. The van der Waals surface area contributed by atoms with Gasteiger partial charge in [0.05, 0.1) is 4.92 Å². The minimum absolute atomic E-state index is 0.151. The molecule has 0 aliphatic carbocycles. The highest BCUT2D eigenvalue weighted by atomic mass is 16.6. The second-order valence-corrected chi connectivity index (χ2v) is 5.49. The maximum absolute atomic E-state index is 10.7. The number of nitro benzene ring substituents is 1. The van der Waals surface area contributed by atoms with Crippen LogP contribution in [0.25, 0.3) is 0 Å². The number of hydrogen-bond donors (Lipinski definition) is 1. The van der Waals surface area contributed by atoms with E-state index >= 15 is 0 Å². The summed E-state index contributed by atoms with van der Waals surface area (Å²) in [6.07, 6.45) is 4.72. The summed E-state index contributed by atoms with van der Waals surface area (Å²) in [5.41, 5.74) is 7.00. The number of hydrogen-bond acceptors (Lipinski definition) is 4. The number of nitrogens with zero attached hydrogens (tertiary/aromatic N) is 2. The second kappa shape index (κ2) is 6.81. The van der Waals surface area contributed by atoms with E-state index in [1.54, 1.807) is 12.1 Å². The summed E-state index contributed by atoms with van der Waals surface area (Å²) in [6.45, 7) is 3.98. The zero-order chi connectivity index (χ0) is 14.5. The Balaban J connectivity index is 2.11. The van der Waals surface area contributed by atoms with Crippen LogP contribution in [0.15, 0.2) is 24.3 Å². The van der Waals surface area contributed by atoms with Crippen LogP contribution in [0.4, 0.5) is 5.69 Å². The van der Waals surface area contributed by atoms with E-state index in [1.807, 2.05) is 12.1 Å². The molecule has 0 saturated carbocycles. The summed E-state index contributed by atoms with van der Waals surface area (Å²) in [7, 11) is 0. The highest BCUT2D eigenvalue weighted by molar-refractivity contribution is 5.34. The monoisotopic (exact) mass is 277 g/mol. The quantitative estimate of drug-likeness (QED) is 0.663. The van der Waals surface area contributed by atoms with E-state index < -0.39 is 0 Å². The topological polar surface area (TPSA) is 72.4 Å². The standard InChI is InChI=1S/C15H23N3O2/c1-12(13-5-7-15(8-6-13)18(19)20)17-11-3-2-4-14(17)9-10-16/h5-8,12,14H,2-4,9-11,16H2,1H3. The largest absolute Gasteiger partial charge is 0.330 e. The molecule has 1 aromatic rings. The molecule has 5 nitrogen and oxygen atoms in total. The third kappa shape index (κ3) is 3.35. The molecule has 0 amide bonds. The van der Waals surface area contributed by atoms with Crippen molar-refractivity contribution in [2.75, 3.05) is 13.1 Å². The molecule has 2 atom stereocenters. The third-order valence-corrected chi connectivity index (χ3v) is 4.26. The van der Waals surface area contributed by atoms with Gasteiger partial charge >= 0.3 is 0 Å². The van der Waals surface area contributed by atoms with Crippen molar-refractivity contribution in [3.8, 4) is 0 Å². The van der Waals surface area contributed by atoms with Crippen molar-refractivity contribution in [1.29, 1.82) is 0 Å². The molecule has 1 aliphatic heterocycles. The van der Waals surface area contributed by atoms with Crippen LogP contribution in [-0.4, -0.2) is 29.0 Å². The molecule has 1 fully saturated rings. The van der Waals surface area contributed by atoms with Gasteiger partial charge in [-0.25, -0.2) is 0 Å². The molecule has 0 aromatic heterocycles. The summed E-state index contributed by atoms with van der Waals surface area (Å²) >= 11 is 0. The number of rotatable bonds is 5.